The van der Waals surface area contributed by atoms with Crippen LogP contribution >= 0.6 is 0 Å². The van der Waals surface area contributed by atoms with Crippen molar-refractivity contribution in [2.24, 2.45) is 5.92 Å². The quantitative estimate of drug-likeness (QED) is 0.602. The summed E-state index contributed by atoms with van der Waals surface area (Å²) in [6.07, 6.45) is -5.62. The Morgan fingerprint density at radius 3 is 2.61 bits per heavy atom. The predicted molar refractivity (Wildman–Crippen MR) is 93.7 cm³/mol. The smallest absolute Gasteiger partial charge is 0.449 e. The Morgan fingerprint density at radius 2 is 1.93 bits per heavy atom. The maximum absolute atomic E-state index is 13.3. The molecule has 0 spiro atoms. The summed E-state index contributed by atoms with van der Waals surface area (Å²) in [6.45, 7) is 0. The highest BCUT2D eigenvalue weighted by Gasteiger charge is 2.42. The average Bonchev–Trinajstić information content (AvgIpc) is 3.24. The fourth-order valence-corrected chi connectivity index (χ4v) is 3.63. The molecule has 0 saturated heterocycles. The van der Waals surface area contributed by atoms with Gasteiger partial charge in [-0.25, -0.2) is 4.79 Å². The second-order valence-corrected chi connectivity index (χ2v) is 6.64. The number of alkyl halides is 3. The first-order valence-corrected chi connectivity index (χ1v) is 8.69. The number of benzene rings is 1. The number of carboxylic acid groups (broad SMARTS) is 1. The summed E-state index contributed by atoms with van der Waals surface area (Å²) in [5.74, 6) is -1.46. The van der Waals surface area contributed by atoms with Gasteiger partial charge in [0.25, 0.3) is 5.95 Å². The first kappa shape index (κ1) is 18.2. The second kappa shape index (κ2) is 6.78. The fourth-order valence-electron chi connectivity index (χ4n) is 3.63. The van der Waals surface area contributed by atoms with Gasteiger partial charge in [-0.1, -0.05) is 30.3 Å². The third-order valence-electron chi connectivity index (χ3n) is 4.90. The number of furan rings is 1. The maximum Gasteiger partial charge on any atom is 0.513 e. The van der Waals surface area contributed by atoms with E-state index in [1.165, 1.54) is 12.1 Å². The zero-order chi connectivity index (χ0) is 19.9. The minimum absolute atomic E-state index is 0.0419. The summed E-state index contributed by atoms with van der Waals surface area (Å²) >= 11 is 0. The summed E-state index contributed by atoms with van der Waals surface area (Å²) in [5.41, 5.74) is 2.85. The van der Waals surface area contributed by atoms with Gasteiger partial charge in [-0.3, -0.25) is 4.57 Å². The van der Waals surface area contributed by atoms with Crippen molar-refractivity contribution in [3.63, 3.8) is 0 Å². The molecule has 0 fully saturated rings. The van der Waals surface area contributed by atoms with Crippen LogP contribution in [0.15, 0.2) is 52.9 Å². The lowest BCUT2D eigenvalue weighted by Gasteiger charge is -2.25. The van der Waals surface area contributed by atoms with Crippen molar-refractivity contribution >= 4 is 6.16 Å². The largest absolute Gasteiger partial charge is 0.513 e. The van der Waals surface area contributed by atoms with Crippen LogP contribution < -0.4 is 4.74 Å². The molecule has 0 radical (unpaired) electrons. The van der Waals surface area contributed by atoms with Crippen molar-refractivity contribution in [1.29, 1.82) is 0 Å². The molecule has 28 heavy (non-hydrogen) atoms. The van der Waals surface area contributed by atoms with E-state index in [1.807, 2.05) is 36.4 Å². The van der Waals surface area contributed by atoms with Crippen LogP contribution in [0, 0.1) is 5.92 Å². The number of hydrogen-bond donors (Lipinski definition) is 1. The summed E-state index contributed by atoms with van der Waals surface area (Å²) in [7, 11) is 0. The number of rotatable bonds is 3. The number of hydrogen-bond acceptors (Lipinski definition) is 3. The molecule has 1 atom stereocenters. The van der Waals surface area contributed by atoms with E-state index in [0.717, 1.165) is 11.1 Å². The highest BCUT2D eigenvalue weighted by molar-refractivity contribution is 5.66. The molecule has 0 amide bonds. The minimum Gasteiger partial charge on any atom is -0.449 e. The van der Waals surface area contributed by atoms with E-state index in [0.29, 0.717) is 17.8 Å². The fraction of sp³-hybridized carbons (Fsp3) is 0.250. The average molecular weight is 391 g/mol. The topological polar surface area (TPSA) is 64.6 Å². The molecule has 3 aromatic rings. The van der Waals surface area contributed by atoms with Gasteiger partial charge >= 0.3 is 12.3 Å². The van der Waals surface area contributed by atoms with Gasteiger partial charge in [0.2, 0.25) is 5.88 Å². The van der Waals surface area contributed by atoms with Crippen molar-refractivity contribution in [1.82, 2.24) is 4.57 Å². The molecule has 2 aromatic heterocycles. The van der Waals surface area contributed by atoms with Gasteiger partial charge in [-0.15, -0.1) is 0 Å². The summed E-state index contributed by atoms with van der Waals surface area (Å²) < 4.78 is 51.6. The van der Waals surface area contributed by atoms with Gasteiger partial charge in [-0.2, -0.15) is 13.2 Å². The van der Waals surface area contributed by atoms with Crippen molar-refractivity contribution < 1.29 is 32.2 Å². The zero-order valence-electron chi connectivity index (χ0n) is 14.6. The molecule has 0 aliphatic heterocycles. The van der Waals surface area contributed by atoms with Crippen LogP contribution in [-0.2, 0) is 12.8 Å². The van der Waals surface area contributed by atoms with E-state index in [4.69, 9.17) is 9.52 Å². The lowest BCUT2D eigenvalue weighted by Crippen LogP contribution is -2.29. The van der Waals surface area contributed by atoms with Crippen LogP contribution in [0.1, 0.15) is 17.7 Å². The number of aryl methyl sites for hydroxylation is 1. The Morgan fingerprint density at radius 1 is 1.18 bits per heavy atom. The van der Waals surface area contributed by atoms with Gasteiger partial charge in [0.05, 0.1) is 11.6 Å². The van der Waals surface area contributed by atoms with Crippen LogP contribution in [-0.4, -0.2) is 22.0 Å². The Bertz CT molecular complexity index is 1000. The molecule has 1 aromatic carbocycles. The number of fused-ring (bicyclic) bond motifs is 1. The predicted octanol–water partition coefficient (Wildman–Crippen LogP) is 5.46. The van der Waals surface area contributed by atoms with Gasteiger partial charge in [-0.05, 0) is 36.5 Å². The Kier molecular flexibility index (Phi) is 4.41. The molecule has 5 nitrogen and oxygen atoms in total. The molecule has 4 rings (SSSR count). The monoisotopic (exact) mass is 391 g/mol. The Hall–Kier alpha value is -3.16. The van der Waals surface area contributed by atoms with E-state index in [9.17, 15) is 18.0 Å². The standard InChI is InChI=1S/C20H16F3NO4/c21-20(22,23)14-7-6-13-10-15(12-4-2-1-3-5-12)24(16(13)11-14)17-8-9-18(27-17)28-19(25)26/h1-5,8-10,14H,6-7,11H2,(H,25,26). The molecule has 2 heterocycles. The first-order valence-electron chi connectivity index (χ1n) is 8.69. The van der Waals surface area contributed by atoms with E-state index < -0.39 is 18.2 Å². The van der Waals surface area contributed by atoms with Crippen LogP contribution in [0.2, 0.25) is 0 Å². The molecule has 1 N–H and O–H groups in total. The highest BCUT2D eigenvalue weighted by atomic mass is 19.4. The van der Waals surface area contributed by atoms with E-state index in [2.05, 4.69) is 4.74 Å². The second-order valence-electron chi connectivity index (χ2n) is 6.64. The van der Waals surface area contributed by atoms with Crippen LogP contribution in [0.4, 0.5) is 18.0 Å². The van der Waals surface area contributed by atoms with Gasteiger partial charge in [0.1, 0.15) is 0 Å². The molecular formula is C20H16F3NO4. The number of aromatic nitrogens is 1. The molecule has 8 heteroatoms. The van der Waals surface area contributed by atoms with Gasteiger partial charge in [0.15, 0.2) is 0 Å². The van der Waals surface area contributed by atoms with Crippen molar-refractivity contribution in [3.8, 4) is 23.1 Å². The van der Waals surface area contributed by atoms with Crippen LogP contribution in [0.5, 0.6) is 5.95 Å². The van der Waals surface area contributed by atoms with Crippen molar-refractivity contribution in [3.05, 3.63) is 59.8 Å². The Labute approximate surface area is 158 Å². The van der Waals surface area contributed by atoms with E-state index in [-0.39, 0.29) is 24.7 Å². The van der Waals surface area contributed by atoms with E-state index in [1.54, 1.807) is 4.57 Å². The lowest BCUT2D eigenvalue weighted by atomic mass is 9.87. The van der Waals surface area contributed by atoms with E-state index >= 15 is 0 Å². The molecule has 0 saturated carbocycles. The van der Waals surface area contributed by atoms with Crippen LogP contribution in [0.3, 0.4) is 0 Å². The van der Waals surface area contributed by atoms with Gasteiger partial charge < -0.3 is 14.3 Å². The van der Waals surface area contributed by atoms with Gasteiger partial charge in [0, 0.05) is 17.8 Å². The van der Waals surface area contributed by atoms with Crippen molar-refractivity contribution in [2.45, 2.75) is 25.4 Å². The SMILES string of the molecule is O=C(O)Oc1ccc(-n2c(-c3ccccc3)cc3c2CC(C(F)(F)F)CC3)o1. The molecule has 146 valence electrons. The maximum atomic E-state index is 13.3. The highest BCUT2D eigenvalue weighted by Crippen LogP contribution is 2.41. The minimum atomic E-state index is -4.28. The lowest BCUT2D eigenvalue weighted by molar-refractivity contribution is -0.177. The third-order valence-corrected chi connectivity index (χ3v) is 4.90. The van der Waals surface area contributed by atoms with Crippen molar-refractivity contribution in [2.75, 3.05) is 0 Å². The normalized spacial score (nSPS) is 16.6. The number of carbonyl (C=O) groups is 1. The molecule has 1 aliphatic rings. The number of nitrogens with zero attached hydrogens (tertiary/aromatic N) is 1. The summed E-state index contributed by atoms with van der Waals surface area (Å²) in [6, 6.07) is 13.9. The number of ether oxygens (including phenoxy) is 1. The molecule has 1 unspecified atom stereocenters. The molecule has 1 aliphatic carbocycles. The molecular weight excluding hydrogens is 375 g/mol. The zero-order valence-corrected chi connectivity index (χ0v) is 14.6. The Balaban J connectivity index is 1.84. The summed E-state index contributed by atoms with van der Waals surface area (Å²) in [5, 5.41) is 8.74. The first-order chi connectivity index (χ1) is 13.3. The molecule has 0 bridgehead atoms. The summed E-state index contributed by atoms with van der Waals surface area (Å²) in [4.78, 5) is 10.7. The third kappa shape index (κ3) is 3.37. The van der Waals surface area contributed by atoms with Crippen LogP contribution in [0.25, 0.3) is 17.1 Å². The number of halogens is 3.